The molecule has 0 atom stereocenters. The Morgan fingerprint density at radius 1 is 1.24 bits per heavy atom. The first kappa shape index (κ1) is 12.5. The summed E-state index contributed by atoms with van der Waals surface area (Å²) in [5.74, 6) is 1.15. The van der Waals surface area contributed by atoms with Crippen molar-refractivity contribution in [3.05, 3.63) is 6.33 Å². The first-order valence-electron chi connectivity index (χ1n) is 7.28. The number of rotatable bonds is 2. The number of likely N-dealkylation sites (tertiary alicyclic amines) is 1. The second kappa shape index (κ2) is 4.64. The van der Waals surface area contributed by atoms with Crippen molar-refractivity contribution >= 4 is 22.9 Å². The summed E-state index contributed by atoms with van der Waals surface area (Å²) in [7, 11) is 1.81. The van der Waals surface area contributed by atoms with E-state index in [-0.39, 0.29) is 11.8 Å². The zero-order valence-corrected chi connectivity index (χ0v) is 11.9. The van der Waals surface area contributed by atoms with E-state index in [1.54, 1.807) is 4.68 Å². The SMILES string of the molecule is Cn1nnc2c(N3CC(C(=O)N4CCCC4)C3)ncnc21. The van der Waals surface area contributed by atoms with Crippen molar-refractivity contribution in [1.29, 1.82) is 0 Å². The van der Waals surface area contributed by atoms with Gasteiger partial charge in [0.1, 0.15) is 6.33 Å². The molecule has 21 heavy (non-hydrogen) atoms. The summed E-state index contributed by atoms with van der Waals surface area (Å²) in [5.41, 5.74) is 1.42. The molecule has 4 heterocycles. The van der Waals surface area contributed by atoms with E-state index in [4.69, 9.17) is 0 Å². The molecule has 8 heteroatoms. The second-order valence-corrected chi connectivity index (χ2v) is 5.72. The second-order valence-electron chi connectivity index (χ2n) is 5.72. The highest BCUT2D eigenvalue weighted by atomic mass is 16.2. The summed E-state index contributed by atoms with van der Waals surface area (Å²) in [6.07, 6.45) is 3.79. The molecule has 2 fully saturated rings. The van der Waals surface area contributed by atoms with E-state index in [1.807, 2.05) is 11.9 Å². The van der Waals surface area contributed by atoms with Crippen molar-refractivity contribution in [3.8, 4) is 0 Å². The monoisotopic (exact) mass is 287 g/mol. The Morgan fingerprint density at radius 2 is 2.00 bits per heavy atom. The maximum atomic E-state index is 12.3. The molecule has 0 bridgehead atoms. The van der Waals surface area contributed by atoms with Crippen molar-refractivity contribution in [2.45, 2.75) is 12.8 Å². The largest absolute Gasteiger partial charge is 0.353 e. The summed E-state index contributed by atoms with van der Waals surface area (Å²) >= 11 is 0. The Kier molecular flexibility index (Phi) is 2.76. The van der Waals surface area contributed by atoms with Gasteiger partial charge >= 0.3 is 0 Å². The molecular formula is C13H17N7O. The maximum absolute atomic E-state index is 12.3. The smallest absolute Gasteiger partial charge is 0.229 e. The van der Waals surface area contributed by atoms with Gasteiger partial charge in [0.15, 0.2) is 17.0 Å². The first-order chi connectivity index (χ1) is 10.2. The number of fused-ring (bicyclic) bond motifs is 1. The Labute approximate surface area is 121 Å². The molecule has 0 saturated carbocycles. The number of anilines is 1. The van der Waals surface area contributed by atoms with Gasteiger partial charge < -0.3 is 9.80 Å². The fourth-order valence-corrected chi connectivity index (χ4v) is 3.08. The molecule has 2 aromatic rings. The molecule has 0 spiro atoms. The Morgan fingerprint density at radius 3 is 2.76 bits per heavy atom. The molecule has 110 valence electrons. The predicted octanol–water partition coefficient (Wildman–Crippen LogP) is -0.183. The lowest BCUT2D eigenvalue weighted by Crippen LogP contribution is -2.54. The van der Waals surface area contributed by atoms with E-state index < -0.39 is 0 Å². The molecule has 4 rings (SSSR count). The number of hydrogen-bond acceptors (Lipinski definition) is 6. The highest BCUT2D eigenvalue weighted by Crippen LogP contribution is 2.28. The van der Waals surface area contributed by atoms with Gasteiger partial charge in [0, 0.05) is 33.2 Å². The van der Waals surface area contributed by atoms with Crippen LogP contribution in [0.1, 0.15) is 12.8 Å². The van der Waals surface area contributed by atoms with Gasteiger partial charge in [-0.1, -0.05) is 5.21 Å². The Bertz CT molecular complexity index is 685. The molecule has 8 nitrogen and oxygen atoms in total. The number of carbonyl (C=O) groups is 1. The minimum Gasteiger partial charge on any atom is -0.353 e. The highest BCUT2D eigenvalue weighted by molar-refractivity contribution is 5.86. The minimum absolute atomic E-state index is 0.0878. The van der Waals surface area contributed by atoms with Crippen molar-refractivity contribution in [2.75, 3.05) is 31.1 Å². The lowest BCUT2D eigenvalue weighted by Gasteiger charge is -2.40. The highest BCUT2D eigenvalue weighted by Gasteiger charge is 2.37. The van der Waals surface area contributed by atoms with Gasteiger partial charge in [-0.05, 0) is 12.8 Å². The fraction of sp³-hybridized carbons (Fsp3) is 0.615. The van der Waals surface area contributed by atoms with Crippen molar-refractivity contribution in [3.63, 3.8) is 0 Å². The van der Waals surface area contributed by atoms with E-state index >= 15 is 0 Å². The number of aromatic nitrogens is 5. The van der Waals surface area contributed by atoms with Crippen molar-refractivity contribution < 1.29 is 4.79 Å². The van der Waals surface area contributed by atoms with Crippen LogP contribution in [0.25, 0.3) is 11.2 Å². The van der Waals surface area contributed by atoms with Gasteiger partial charge in [-0.25, -0.2) is 14.6 Å². The van der Waals surface area contributed by atoms with E-state index in [2.05, 4.69) is 25.2 Å². The van der Waals surface area contributed by atoms with Gasteiger partial charge in [-0.3, -0.25) is 4.79 Å². The number of amides is 1. The van der Waals surface area contributed by atoms with E-state index in [0.717, 1.165) is 31.7 Å². The third-order valence-corrected chi connectivity index (χ3v) is 4.32. The number of nitrogens with zero attached hydrogens (tertiary/aromatic N) is 7. The average Bonchev–Trinajstić information content (AvgIpc) is 3.08. The van der Waals surface area contributed by atoms with E-state index in [1.165, 1.54) is 6.33 Å². The molecule has 2 aliphatic heterocycles. The summed E-state index contributed by atoms with van der Waals surface area (Å²) < 4.78 is 1.63. The van der Waals surface area contributed by atoms with Crippen LogP contribution in [0.15, 0.2) is 6.33 Å². The van der Waals surface area contributed by atoms with Crippen LogP contribution in [0.5, 0.6) is 0 Å². The summed E-state index contributed by atoms with van der Waals surface area (Å²) in [4.78, 5) is 24.9. The van der Waals surface area contributed by atoms with E-state index in [9.17, 15) is 4.79 Å². The summed E-state index contributed by atoms with van der Waals surface area (Å²) in [6.45, 7) is 3.24. The molecule has 0 aromatic carbocycles. The van der Waals surface area contributed by atoms with Crippen LogP contribution in [-0.4, -0.2) is 61.9 Å². The third-order valence-electron chi connectivity index (χ3n) is 4.32. The first-order valence-corrected chi connectivity index (χ1v) is 7.28. The molecule has 0 N–H and O–H groups in total. The standard InChI is InChI=1S/C13H17N7O/c1-18-11-10(16-17-18)12(15-8-14-11)20-6-9(7-20)13(21)19-4-2-3-5-19/h8-9H,2-7H2,1H3. The molecule has 1 amide bonds. The molecular weight excluding hydrogens is 270 g/mol. The Balaban J connectivity index is 1.50. The topological polar surface area (TPSA) is 80.0 Å². The third kappa shape index (κ3) is 1.93. The average molecular weight is 287 g/mol. The lowest BCUT2D eigenvalue weighted by molar-refractivity contribution is -0.135. The molecule has 2 aromatic heterocycles. The zero-order chi connectivity index (χ0) is 14.4. The molecule has 0 radical (unpaired) electrons. The number of aryl methyl sites for hydroxylation is 1. The van der Waals surface area contributed by atoms with Gasteiger partial charge in [0.05, 0.1) is 5.92 Å². The summed E-state index contributed by atoms with van der Waals surface area (Å²) in [6, 6.07) is 0. The van der Waals surface area contributed by atoms with Crippen LogP contribution >= 0.6 is 0 Å². The van der Waals surface area contributed by atoms with Crippen LogP contribution in [0.3, 0.4) is 0 Å². The minimum atomic E-state index is 0.0878. The molecule has 0 unspecified atom stereocenters. The maximum Gasteiger partial charge on any atom is 0.229 e. The van der Waals surface area contributed by atoms with Crippen LogP contribution in [0.2, 0.25) is 0 Å². The number of carbonyl (C=O) groups excluding carboxylic acids is 1. The Hall–Kier alpha value is -2.25. The lowest BCUT2D eigenvalue weighted by atomic mass is 9.98. The molecule has 2 aliphatic rings. The van der Waals surface area contributed by atoms with Crippen molar-refractivity contribution in [2.24, 2.45) is 13.0 Å². The normalized spacial score (nSPS) is 19.3. The molecule has 2 saturated heterocycles. The van der Waals surface area contributed by atoms with Crippen LogP contribution in [0.4, 0.5) is 5.82 Å². The van der Waals surface area contributed by atoms with Gasteiger partial charge in [0.2, 0.25) is 5.91 Å². The fourth-order valence-electron chi connectivity index (χ4n) is 3.08. The zero-order valence-electron chi connectivity index (χ0n) is 11.9. The van der Waals surface area contributed by atoms with Gasteiger partial charge in [-0.15, -0.1) is 5.10 Å². The van der Waals surface area contributed by atoms with Gasteiger partial charge in [-0.2, -0.15) is 0 Å². The van der Waals surface area contributed by atoms with Crippen LogP contribution in [-0.2, 0) is 11.8 Å². The van der Waals surface area contributed by atoms with E-state index in [0.29, 0.717) is 24.3 Å². The predicted molar refractivity (Wildman–Crippen MR) is 75.6 cm³/mol. The van der Waals surface area contributed by atoms with Gasteiger partial charge in [0.25, 0.3) is 0 Å². The van der Waals surface area contributed by atoms with Crippen molar-refractivity contribution in [1.82, 2.24) is 29.9 Å². The molecule has 0 aliphatic carbocycles. The quantitative estimate of drug-likeness (QED) is 0.762. The summed E-state index contributed by atoms with van der Waals surface area (Å²) in [5, 5.41) is 8.10. The number of hydrogen-bond donors (Lipinski definition) is 0. The van der Waals surface area contributed by atoms with Crippen LogP contribution in [0, 0.1) is 5.92 Å². The van der Waals surface area contributed by atoms with Crippen LogP contribution < -0.4 is 4.90 Å².